The molecule has 1 N–H and O–H groups in total. The molecule has 0 aliphatic carbocycles. The van der Waals surface area contributed by atoms with Crippen LogP contribution in [0.5, 0.6) is 5.75 Å². The van der Waals surface area contributed by atoms with Gasteiger partial charge in [-0.3, -0.25) is 14.9 Å². The molecule has 0 saturated heterocycles. The van der Waals surface area contributed by atoms with E-state index in [1.54, 1.807) is 4.57 Å². The van der Waals surface area contributed by atoms with E-state index in [-0.39, 0.29) is 24.0 Å². The van der Waals surface area contributed by atoms with Crippen molar-refractivity contribution in [1.29, 1.82) is 0 Å². The van der Waals surface area contributed by atoms with E-state index in [0.717, 1.165) is 16.9 Å². The van der Waals surface area contributed by atoms with Crippen molar-refractivity contribution in [2.75, 3.05) is 11.1 Å². The minimum atomic E-state index is -0.489. The lowest BCUT2D eigenvalue weighted by Crippen LogP contribution is -2.14. The first kappa shape index (κ1) is 21.3. The number of nitrogens with one attached hydrogen (secondary N) is 1. The van der Waals surface area contributed by atoms with Crippen molar-refractivity contribution in [3.63, 3.8) is 0 Å². The molecule has 0 atom stereocenters. The molecule has 0 unspecified atom stereocenters. The predicted molar refractivity (Wildman–Crippen MR) is 114 cm³/mol. The predicted octanol–water partition coefficient (Wildman–Crippen LogP) is 3.65. The molecular weight excluding hydrogens is 406 g/mol. The molecule has 156 valence electrons. The first-order chi connectivity index (χ1) is 14.3. The molecule has 9 nitrogen and oxygen atoms in total. The number of nitro benzene ring substituents is 1. The summed E-state index contributed by atoms with van der Waals surface area (Å²) in [5.74, 6) is 1.33. The van der Waals surface area contributed by atoms with Crippen LogP contribution in [0.15, 0.2) is 47.6 Å². The molecule has 3 aromatic rings. The molecule has 30 heavy (non-hydrogen) atoms. The number of nitrogens with zero attached hydrogens (tertiary/aromatic N) is 4. The standard InChI is InChI=1S/C20H21N5O4S/c1-13-4-5-14(2)17(10-13)29-11-18-22-23-20(24(18)3)30-12-19(26)21-15-6-8-16(9-7-15)25(27)28/h4-10H,11-12H2,1-3H3,(H,21,26). The highest BCUT2D eigenvalue weighted by molar-refractivity contribution is 7.99. The van der Waals surface area contributed by atoms with Gasteiger partial charge < -0.3 is 14.6 Å². The number of amides is 1. The number of nitro groups is 1. The summed E-state index contributed by atoms with van der Waals surface area (Å²) in [6.07, 6.45) is 0. The van der Waals surface area contributed by atoms with Crippen molar-refractivity contribution in [2.24, 2.45) is 7.05 Å². The lowest BCUT2D eigenvalue weighted by molar-refractivity contribution is -0.384. The molecule has 1 aromatic heterocycles. The first-order valence-corrected chi connectivity index (χ1v) is 10.1. The number of anilines is 1. The fraction of sp³-hybridized carbons (Fsp3) is 0.250. The number of hydrogen-bond donors (Lipinski definition) is 1. The summed E-state index contributed by atoms with van der Waals surface area (Å²) in [5.41, 5.74) is 2.62. The van der Waals surface area contributed by atoms with Crippen molar-refractivity contribution in [2.45, 2.75) is 25.6 Å². The second-order valence-electron chi connectivity index (χ2n) is 6.66. The summed E-state index contributed by atoms with van der Waals surface area (Å²) in [5, 5.41) is 22.2. The number of aryl methyl sites for hydroxylation is 2. The van der Waals surface area contributed by atoms with Crippen LogP contribution in [0.3, 0.4) is 0 Å². The fourth-order valence-corrected chi connectivity index (χ4v) is 3.33. The van der Waals surface area contributed by atoms with Gasteiger partial charge >= 0.3 is 0 Å². The van der Waals surface area contributed by atoms with E-state index in [1.807, 2.05) is 39.1 Å². The van der Waals surface area contributed by atoms with Crippen LogP contribution in [0.2, 0.25) is 0 Å². The van der Waals surface area contributed by atoms with Crippen molar-refractivity contribution < 1.29 is 14.5 Å². The van der Waals surface area contributed by atoms with E-state index in [2.05, 4.69) is 15.5 Å². The van der Waals surface area contributed by atoms with Gasteiger partial charge in [-0.15, -0.1) is 10.2 Å². The van der Waals surface area contributed by atoms with Gasteiger partial charge in [0.15, 0.2) is 11.0 Å². The van der Waals surface area contributed by atoms with Crippen LogP contribution < -0.4 is 10.1 Å². The average Bonchev–Trinajstić information content (AvgIpc) is 3.07. The third kappa shape index (κ3) is 5.35. The second-order valence-corrected chi connectivity index (χ2v) is 7.60. The number of carbonyl (C=O) groups excluding carboxylic acids is 1. The Hall–Kier alpha value is -3.40. The van der Waals surface area contributed by atoms with E-state index in [0.29, 0.717) is 16.7 Å². The Balaban J connectivity index is 1.53. The molecule has 0 spiro atoms. The Morgan fingerprint density at radius 1 is 1.20 bits per heavy atom. The van der Waals surface area contributed by atoms with Crippen molar-refractivity contribution in [3.8, 4) is 5.75 Å². The van der Waals surface area contributed by atoms with Gasteiger partial charge in [-0.2, -0.15) is 0 Å². The van der Waals surface area contributed by atoms with E-state index >= 15 is 0 Å². The van der Waals surface area contributed by atoms with Gasteiger partial charge in [0.05, 0.1) is 10.7 Å². The van der Waals surface area contributed by atoms with E-state index < -0.39 is 4.92 Å². The zero-order valence-electron chi connectivity index (χ0n) is 16.8. The number of carbonyl (C=O) groups is 1. The van der Waals surface area contributed by atoms with Crippen LogP contribution in [0.1, 0.15) is 17.0 Å². The monoisotopic (exact) mass is 427 g/mol. The fourth-order valence-electron chi connectivity index (χ4n) is 2.60. The number of benzene rings is 2. The summed E-state index contributed by atoms with van der Waals surface area (Å²) in [6.45, 7) is 4.25. The SMILES string of the molecule is Cc1ccc(C)c(OCc2nnc(SCC(=O)Nc3ccc([N+](=O)[O-])cc3)n2C)c1. The summed E-state index contributed by atoms with van der Waals surface area (Å²) < 4.78 is 7.66. The van der Waals surface area contributed by atoms with Crippen LogP contribution in [-0.2, 0) is 18.4 Å². The molecule has 10 heteroatoms. The maximum absolute atomic E-state index is 12.2. The van der Waals surface area contributed by atoms with Gasteiger partial charge in [-0.05, 0) is 43.2 Å². The zero-order chi connectivity index (χ0) is 21.7. The molecule has 0 radical (unpaired) electrons. The van der Waals surface area contributed by atoms with Crippen LogP contribution in [0, 0.1) is 24.0 Å². The summed E-state index contributed by atoms with van der Waals surface area (Å²) >= 11 is 1.24. The van der Waals surface area contributed by atoms with Gasteiger partial charge in [-0.25, -0.2) is 0 Å². The lowest BCUT2D eigenvalue weighted by atomic mass is 10.1. The van der Waals surface area contributed by atoms with Crippen LogP contribution in [-0.4, -0.2) is 31.3 Å². The molecular formula is C20H21N5O4S. The van der Waals surface area contributed by atoms with Crippen LogP contribution in [0.4, 0.5) is 11.4 Å². The summed E-state index contributed by atoms with van der Waals surface area (Å²) in [7, 11) is 1.82. The van der Waals surface area contributed by atoms with Gasteiger partial charge in [0.25, 0.3) is 5.69 Å². The summed E-state index contributed by atoms with van der Waals surface area (Å²) in [6, 6.07) is 11.7. The van der Waals surface area contributed by atoms with Gasteiger partial charge in [-0.1, -0.05) is 23.9 Å². The number of aromatic nitrogens is 3. The first-order valence-electron chi connectivity index (χ1n) is 9.09. The lowest BCUT2D eigenvalue weighted by Gasteiger charge is -2.10. The summed E-state index contributed by atoms with van der Waals surface area (Å²) in [4.78, 5) is 22.3. The van der Waals surface area contributed by atoms with Crippen molar-refractivity contribution in [1.82, 2.24) is 14.8 Å². The number of non-ortho nitro benzene ring substituents is 1. The number of hydrogen-bond acceptors (Lipinski definition) is 7. The number of thioether (sulfide) groups is 1. The molecule has 2 aromatic carbocycles. The van der Waals surface area contributed by atoms with Crippen molar-refractivity contribution in [3.05, 3.63) is 69.5 Å². The molecule has 0 aliphatic heterocycles. The number of ether oxygens (including phenoxy) is 1. The highest BCUT2D eigenvalue weighted by Gasteiger charge is 2.13. The molecule has 0 fully saturated rings. The maximum Gasteiger partial charge on any atom is 0.269 e. The normalized spacial score (nSPS) is 10.6. The highest BCUT2D eigenvalue weighted by atomic mass is 32.2. The van der Waals surface area contributed by atoms with Gasteiger partial charge in [0.1, 0.15) is 12.4 Å². The zero-order valence-corrected chi connectivity index (χ0v) is 17.6. The maximum atomic E-state index is 12.2. The Kier molecular flexibility index (Phi) is 6.68. The third-order valence-corrected chi connectivity index (χ3v) is 5.34. The Morgan fingerprint density at radius 2 is 1.93 bits per heavy atom. The Morgan fingerprint density at radius 3 is 2.63 bits per heavy atom. The van der Waals surface area contributed by atoms with E-state index in [4.69, 9.17) is 4.74 Å². The quantitative estimate of drug-likeness (QED) is 0.332. The molecule has 3 rings (SSSR count). The molecule has 0 saturated carbocycles. The minimum Gasteiger partial charge on any atom is -0.485 e. The van der Waals surface area contributed by atoms with Gasteiger partial charge in [0.2, 0.25) is 5.91 Å². The van der Waals surface area contributed by atoms with E-state index in [1.165, 1.54) is 36.0 Å². The Bertz CT molecular complexity index is 1070. The largest absolute Gasteiger partial charge is 0.485 e. The molecule has 1 heterocycles. The minimum absolute atomic E-state index is 0.0305. The Labute approximate surface area is 177 Å². The highest BCUT2D eigenvalue weighted by Crippen LogP contribution is 2.22. The molecule has 0 aliphatic rings. The van der Waals surface area contributed by atoms with Crippen LogP contribution >= 0.6 is 11.8 Å². The van der Waals surface area contributed by atoms with E-state index in [9.17, 15) is 14.9 Å². The topological polar surface area (TPSA) is 112 Å². The smallest absolute Gasteiger partial charge is 0.269 e. The molecule has 1 amide bonds. The average molecular weight is 427 g/mol. The van der Waals surface area contributed by atoms with Crippen LogP contribution in [0.25, 0.3) is 0 Å². The second kappa shape index (κ2) is 9.40. The number of rotatable bonds is 8. The van der Waals surface area contributed by atoms with Crippen molar-refractivity contribution >= 4 is 29.0 Å². The van der Waals surface area contributed by atoms with Gasteiger partial charge in [0, 0.05) is 24.9 Å². The molecule has 0 bridgehead atoms. The third-order valence-electron chi connectivity index (χ3n) is 4.32.